The summed E-state index contributed by atoms with van der Waals surface area (Å²) in [6, 6.07) is 10.6. The number of aromatic nitrogens is 1. The van der Waals surface area contributed by atoms with Crippen molar-refractivity contribution < 1.29 is 29.0 Å². The number of anilines is 1. The van der Waals surface area contributed by atoms with E-state index in [-0.39, 0.29) is 27.9 Å². The maximum absolute atomic E-state index is 13.3. The molecule has 0 aliphatic carbocycles. The maximum Gasteiger partial charge on any atom is 0.350 e. The van der Waals surface area contributed by atoms with Gasteiger partial charge in [-0.3, -0.25) is 14.5 Å². The Balaban J connectivity index is 1.91. The number of thiazole rings is 1. The highest BCUT2D eigenvalue weighted by molar-refractivity contribution is 7.17. The minimum absolute atomic E-state index is 0.0996. The van der Waals surface area contributed by atoms with E-state index in [1.807, 2.05) is 0 Å². The Kier molecular flexibility index (Phi) is 7.14. The molecule has 1 amide bonds. The zero-order chi connectivity index (χ0) is 26.1. The van der Waals surface area contributed by atoms with Gasteiger partial charge in [0.15, 0.2) is 5.13 Å². The van der Waals surface area contributed by atoms with Gasteiger partial charge in [-0.25, -0.2) is 9.78 Å². The highest BCUT2D eigenvalue weighted by Gasteiger charge is 2.48. The number of ketones is 1. The fourth-order valence-electron chi connectivity index (χ4n) is 4.04. The molecule has 10 heteroatoms. The largest absolute Gasteiger partial charge is 0.507 e. The van der Waals surface area contributed by atoms with E-state index in [1.54, 1.807) is 63.2 Å². The summed E-state index contributed by atoms with van der Waals surface area (Å²) in [5.74, 6) is -2.02. The van der Waals surface area contributed by atoms with Crippen LogP contribution in [0, 0.1) is 13.8 Å². The first-order valence-electron chi connectivity index (χ1n) is 11.0. The normalized spacial score (nSPS) is 16.9. The second-order valence-corrected chi connectivity index (χ2v) is 9.45. The van der Waals surface area contributed by atoms with Crippen LogP contribution in [0.3, 0.4) is 0 Å². The van der Waals surface area contributed by atoms with E-state index in [9.17, 15) is 19.5 Å². The minimum Gasteiger partial charge on any atom is -0.507 e. The fraction of sp³-hybridized carbons (Fsp3) is 0.231. The summed E-state index contributed by atoms with van der Waals surface area (Å²) < 4.78 is 10.4. The number of methoxy groups -OCH3 is 1. The second-order valence-electron chi connectivity index (χ2n) is 8.04. The number of nitrogens with zero attached hydrogens (tertiary/aromatic N) is 2. The monoisotopic (exact) mass is 526 g/mol. The lowest BCUT2D eigenvalue weighted by atomic mass is 9.95. The number of halogens is 1. The lowest BCUT2D eigenvalue weighted by Crippen LogP contribution is -2.29. The average molecular weight is 527 g/mol. The van der Waals surface area contributed by atoms with Crippen molar-refractivity contribution in [2.24, 2.45) is 0 Å². The molecule has 0 bridgehead atoms. The van der Waals surface area contributed by atoms with E-state index in [4.69, 9.17) is 21.1 Å². The molecule has 1 unspecified atom stereocenters. The number of hydrogen-bond donors (Lipinski definition) is 1. The van der Waals surface area contributed by atoms with Crippen LogP contribution >= 0.6 is 22.9 Å². The first-order valence-corrected chi connectivity index (χ1v) is 12.2. The molecule has 186 valence electrons. The number of esters is 1. The Morgan fingerprint density at radius 1 is 1.17 bits per heavy atom. The number of carbonyl (C=O) groups is 3. The molecule has 1 fully saturated rings. The molecule has 2 heterocycles. The van der Waals surface area contributed by atoms with Crippen molar-refractivity contribution in [1.29, 1.82) is 0 Å². The molecular weight excluding hydrogens is 504 g/mol. The highest BCUT2D eigenvalue weighted by Crippen LogP contribution is 2.44. The Labute approximate surface area is 216 Å². The van der Waals surface area contributed by atoms with Crippen LogP contribution < -0.4 is 9.64 Å². The molecule has 2 aromatic carbocycles. The van der Waals surface area contributed by atoms with Gasteiger partial charge in [0, 0.05) is 10.6 Å². The highest BCUT2D eigenvalue weighted by atomic mass is 35.5. The molecule has 36 heavy (non-hydrogen) atoms. The number of aliphatic hydroxyl groups is 1. The molecule has 1 atom stereocenters. The van der Waals surface area contributed by atoms with E-state index in [1.165, 1.54) is 12.0 Å². The van der Waals surface area contributed by atoms with E-state index in [0.717, 1.165) is 16.9 Å². The lowest BCUT2D eigenvalue weighted by Gasteiger charge is -2.23. The van der Waals surface area contributed by atoms with Gasteiger partial charge in [0.2, 0.25) is 0 Å². The number of Topliss-reactive ketones (excluding diaryl/α,β-unsaturated/α-hetero) is 1. The minimum atomic E-state index is -0.995. The maximum atomic E-state index is 13.3. The van der Waals surface area contributed by atoms with Crippen LogP contribution in [-0.4, -0.2) is 41.5 Å². The topological polar surface area (TPSA) is 106 Å². The molecule has 1 N–H and O–H groups in total. The van der Waals surface area contributed by atoms with Gasteiger partial charge in [-0.15, -0.1) is 0 Å². The predicted octanol–water partition coefficient (Wildman–Crippen LogP) is 5.22. The van der Waals surface area contributed by atoms with Crippen LogP contribution in [0.2, 0.25) is 5.02 Å². The molecule has 4 rings (SSSR count). The standard InChI is InChI=1S/C26H23ClN2O6S/c1-5-35-25(33)23-14(3)28-26(36-23)29-20(15-6-9-17(27)10-7-15)19(22(31)24(29)32)21(30)16-8-11-18(34-4)13(2)12-16/h6-12,20,30H,5H2,1-4H3/b21-19+. The van der Waals surface area contributed by atoms with Crippen LogP contribution in [0.1, 0.15) is 45.0 Å². The van der Waals surface area contributed by atoms with Gasteiger partial charge in [-0.2, -0.15) is 0 Å². The summed E-state index contributed by atoms with van der Waals surface area (Å²) in [4.78, 5) is 44.8. The van der Waals surface area contributed by atoms with Crippen molar-refractivity contribution in [2.75, 3.05) is 18.6 Å². The van der Waals surface area contributed by atoms with E-state index >= 15 is 0 Å². The van der Waals surface area contributed by atoms with Gasteiger partial charge in [-0.1, -0.05) is 35.1 Å². The van der Waals surface area contributed by atoms with Crippen LogP contribution in [0.4, 0.5) is 5.13 Å². The summed E-state index contributed by atoms with van der Waals surface area (Å²) in [5.41, 5.74) is 1.91. The van der Waals surface area contributed by atoms with Crippen LogP contribution in [0.15, 0.2) is 48.0 Å². The molecular formula is C26H23ClN2O6S. The fourth-order valence-corrected chi connectivity index (χ4v) is 5.16. The first kappa shape index (κ1) is 25.4. The molecule has 0 spiro atoms. The quantitative estimate of drug-likeness (QED) is 0.203. The van der Waals surface area contributed by atoms with Crippen LogP contribution in [0.25, 0.3) is 5.76 Å². The van der Waals surface area contributed by atoms with Crippen molar-refractivity contribution in [2.45, 2.75) is 26.8 Å². The Bertz CT molecular complexity index is 1400. The third-order valence-corrected chi connectivity index (χ3v) is 7.14. The summed E-state index contributed by atoms with van der Waals surface area (Å²) in [7, 11) is 1.54. The number of amides is 1. The molecule has 1 saturated heterocycles. The number of carbonyl (C=O) groups excluding carboxylic acids is 3. The zero-order valence-electron chi connectivity index (χ0n) is 20.0. The van der Waals surface area contributed by atoms with Gasteiger partial charge in [-0.05, 0) is 62.2 Å². The summed E-state index contributed by atoms with van der Waals surface area (Å²) in [6.45, 7) is 5.30. The first-order chi connectivity index (χ1) is 17.2. The summed E-state index contributed by atoms with van der Waals surface area (Å²) in [6.07, 6.45) is 0. The molecule has 1 aliphatic heterocycles. The Morgan fingerprint density at radius 3 is 2.47 bits per heavy atom. The third kappa shape index (κ3) is 4.47. The third-order valence-electron chi connectivity index (χ3n) is 5.75. The molecule has 1 aliphatic rings. The van der Waals surface area contributed by atoms with Gasteiger partial charge in [0.05, 0.1) is 31.0 Å². The zero-order valence-corrected chi connectivity index (χ0v) is 21.6. The van der Waals surface area contributed by atoms with E-state index < -0.39 is 23.7 Å². The number of aliphatic hydroxyl groups excluding tert-OH is 1. The molecule has 8 nitrogen and oxygen atoms in total. The van der Waals surface area contributed by atoms with Crippen LogP contribution in [-0.2, 0) is 14.3 Å². The van der Waals surface area contributed by atoms with E-state index in [0.29, 0.717) is 27.6 Å². The SMILES string of the molecule is CCOC(=O)c1sc(N2C(=O)C(=O)/C(=C(/O)c3ccc(OC)c(C)c3)C2c2ccc(Cl)cc2)nc1C. The van der Waals surface area contributed by atoms with Crippen molar-refractivity contribution in [3.63, 3.8) is 0 Å². The molecule has 0 saturated carbocycles. The molecule has 1 aromatic heterocycles. The number of ether oxygens (including phenoxy) is 2. The van der Waals surface area contributed by atoms with Crippen molar-refractivity contribution in [3.8, 4) is 5.75 Å². The van der Waals surface area contributed by atoms with Gasteiger partial charge in [0.25, 0.3) is 5.78 Å². The molecule has 0 radical (unpaired) electrons. The van der Waals surface area contributed by atoms with Crippen molar-refractivity contribution in [1.82, 2.24) is 4.98 Å². The van der Waals surface area contributed by atoms with E-state index in [2.05, 4.69) is 4.98 Å². The van der Waals surface area contributed by atoms with Gasteiger partial charge >= 0.3 is 11.9 Å². The van der Waals surface area contributed by atoms with Crippen LogP contribution in [0.5, 0.6) is 5.75 Å². The summed E-state index contributed by atoms with van der Waals surface area (Å²) in [5, 5.41) is 11.9. The lowest BCUT2D eigenvalue weighted by molar-refractivity contribution is -0.132. The number of rotatable bonds is 6. The number of aryl methyl sites for hydroxylation is 2. The number of hydrogen-bond acceptors (Lipinski definition) is 8. The average Bonchev–Trinajstić information content (AvgIpc) is 3.36. The molecule has 3 aromatic rings. The second kappa shape index (κ2) is 10.1. The van der Waals surface area contributed by atoms with Crippen molar-refractivity contribution in [3.05, 3.63) is 80.3 Å². The van der Waals surface area contributed by atoms with Gasteiger partial charge in [0.1, 0.15) is 16.4 Å². The number of benzene rings is 2. The Hall–Kier alpha value is -3.69. The predicted molar refractivity (Wildman–Crippen MR) is 137 cm³/mol. The smallest absolute Gasteiger partial charge is 0.350 e. The van der Waals surface area contributed by atoms with Crippen molar-refractivity contribution >= 4 is 51.5 Å². The summed E-state index contributed by atoms with van der Waals surface area (Å²) >= 11 is 7.03. The van der Waals surface area contributed by atoms with Gasteiger partial charge < -0.3 is 14.6 Å². The Morgan fingerprint density at radius 2 is 1.86 bits per heavy atom.